The molecule has 0 bridgehead atoms. The van der Waals surface area contributed by atoms with E-state index in [1.165, 1.54) is 30.3 Å². The Hall–Kier alpha value is -2.81. The number of carbonyl (C=O) groups excluding carboxylic acids is 1. The molecule has 0 saturated heterocycles. The number of nitrogens with zero attached hydrogens (tertiary/aromatic N) is 2. The van der Waals surface area contributed by atoms with Gasteiger partial charge >= 0.3 is 5.97 Å². The second kappa shape index (κ2) is 7.18. The van der Waals surface area contributed by atoms with Crippen molar-refractivity contribution in [2.45, 2.75) is 13.0 Å². The fourth-order valence-electron chi connectivity index (χ4n) is 1.97. The number of hydrogen-bond acceptors (Lipinski definition) is 6. The molecule has 2 rings (SSSR count). The molecule has 0 radical (unpaired) electrons. The quantitative estimate of drug-likeness (QED) is 0.426. The van der Waals surface area contributed by atoms with E-state index in [0.29, 0.717) is 5.56 Å². The standard InChI is InChI=1S/C15H11BrN2O6/c1-9(10-3-2-4-12(7-10)17(20)21)24-15(19)11-5-6-13(16)14(8-11)18(22)23/h2-9H,1H3/t9-/m1/s1. The summed E-state index contributed by atoms with van der Waals surface area (Å²) in [5, 5.41) is 21.7. The molecule has 0 spiro atoms. The first-order chi connectivity index (χ1) is 11.3. The highest BCUT2D eigenvalue weighted by Crippen LogP contribution is 2.27. The summed E-state index contributed by atoms with van der Waals surface area (Å²) in [6, 6.07) is 9.59. The van der Waals surface area contributed by atoms with Crippen LogP contribution in [0.3, 0.4) is 0 Å². The number of esters is 1. The zero-order chi connectivity index (χ0) is 17.9. The van der Waals surface area contributed by atoms with Gasteiger partial charge in [-0.1, -0.05) is 12.1 Å². The number of halogens is 1. The molecule has 1 atom stereocenters. The molecule has 0 aromatic heterocycles. The Labute approximate surface area is 144 Å². The summed E-state index contributed by atoms with van der Waals surface area (Å²) in [7, 11) is 0. The summed E-state index contributed by atoms with van der Waals surface area (Å²) < 4.78 is 5.48. The van der Waals surface area contributed by atoms with Crippen LogP contribution in [0, 0.1) is 20.2 Å². The molecule has 0 unspecified atom stereocenters. The van der Waals surface area contributed by atoms with Crippen LogP contribution >= 0.6 is 15.9 Å². The molecule has 0 N–H and O–H groups in total. The molecule has 24 heavy (non-hydrogen) atoms. The number of rotatable bonds is 5. The Bertz CT molecular complexity index is 823. The van der Waals surface area contributed by atoms with Gasteiger partial charge < -0.3 is 4.74 Å². The minimum absolute atomic E-state index is 0.0159. The Balaban J connectivity index is 2.20. The summed E-state index contributed by atoms with van der Waals surface area (Å²) in [6.07, 6.45) is -0.750. The largest absolute Gasteiger partial charge is 0.454 e. The average molecular weight is 395 g/mol. The van der Waals surface area contributed by atoms with Crippen LogP contribution in [-0.2, 0) is 4.74 Å². The maximum atomic E-state index is 12.1. The highest BCUT2D eigenvalue weighted by atomic mass is 79.9. The molecule has 0 heterocycles. The molecule has 0 amide bonds. The summed E-state index contributed by atoms with van der Waals surface area (Å²) in [4.78, 5) is 32.7. The number of hydrogen-bond donors (Lipinski definition) is 0. The summed E-state index contributed by atoms with van der Waals surface area (Å²) >= 11 is 3.03. The third-order valence-electron chi connectivity index (χ3n) is 3.21. The highest BCUT2D eigenvalue weighted by Gasteiger charge is 2.20. The summed E-state index contributed by atoms with van der Waals surface area (Å²) in [6.45, 7) is 1.56. The number of carbonyl (C=O) groups is 1. The fourth-order valence-corrected chi connectivity index (χ4v) is 2.36. The van der Waals surface area contributed by atoms with Gasteiger partial charge in [0.15, 0.2) is 0 Å². The van der Waals surface area contributed by atoms with E-state index in [4.69, 9.17) is 4.74 Å². The van der Waals surface area contributed by atoms with Crippen molar-refractivity contribution in [1.82, 2.24) is 0 Å². The van der Waals surface area contributed by atoms with E-state index in [2.05, 4.69) is 15.9 Å². The monoisotopic (exact) mass is 394 g/mol. The summed E-state index contributed by atoms with van der Waals surface area (Å²) in [5.41, 5.74) is 0.0912. The minimum Gasteiger partial charge on any atom is -0.454 e. The first kappa shape index (κ1) is 17.5. The van der Waals surface area contributed by atoms with Crippen molar-refractivity contribution in [3.05, 3.63) is 78.3 Å². The Morgan fingerprint density at radius 1 is 1.12 bits per heavy atom. The maximum Gasteiger partial charge on any atom is 0.338 e. The van der Waals surface area contributed by atoms with E-state index in [9.17, 15) is 25.0 Å². The smallest absolute Gasteiger partial charge is 0.338 e. The van der Waals surface area contributed by atoms with Gasteiger partial charge in [0.05, 0.1) is 19.9 Å². The van der Waals surface area contributed by atoms with E-state index in [0.717, 1.165) is 6.07 Å². The lowest BCUT2D eigenvalue weighted by molar-refractivity contribution is -0.385. The topological polar surface area (TPSA) is 113 Å². The predicted octanol–water partition coefficient (Wildman–Crippen LogP) is 4.18. The van der Waals surface area contributed by atoms with Gasteiger partial charge in [0.1, 0.15) is 6.10 Å². The fraction of sp³-hybridized carbons (Fsp3) is 0.133. The molecule has 0 saturated carbocycles. The van der Waals surface area contributed by atoms with Crippen LogP contribution in [-0.4, -0.2) is 15.8 Å². The van der Waals surface area contributed by atoms with Gasteiger partial charge in [0.25, 0.3) is 11.4 Å². The van der Waals surface area contributed by atoms with Crippen LogP contribution in [0.1, 0.15) is 28.9 Å². The predicted molar refractivity (Wildman–Crippen MR) is 87.7 cm³/mol. The first-order valence-corrected chi connectivity index (χ1v) is 7.48. The molecule has 124 valence electrons. The number of benzene rings is 2. The zero-order valence-electron chi connectivity index (χ0n) is 12.3. The molecular weight excluding hydrogens is 384 g/mol. The van der Waals surface area contributed by atoms with Gasteiger partial charge in [0.2, 0.25) is 0 Å². The SMILES string of the molecule is C[C@@H](OC(=O)c1ccc(Br)c([N+](=O)[O-])c1)c1cccc([N+](=O)[O-])c1. The number of non-ortho nitro benzene ring substituents is 1. The molecule has 0 fully saturated rings. The van der Waals surface area contributed by atoms with E-state index < -0.39 is 21.9 Å². The highest BCUT2D eigenvalue weighted by molar-refractivity contribution is 9.10. The van der Waals surface area contributed by atoms with Crippen LogP contribution in [0.5, 0.6) is 0 Å². The minimum atomic E-state index is -0.760. The van der Waals surface area contributed by atoms with Crippen LogP contribution in [0.2, 0.25) is 0 Å². The van der Waals surface area contributed by atoms with Crippen LogP contribution < -0.4 is 0 Å². The van der Waals surface area contributed by atoms with Gasteiger partial charge in [-0.15, -0.1) is 0 Å². The van der Waals surface area contributed by atoms with E-state index in [1.54, 1.807) is 13.0 Å². The molecule has 0 aliphatic rings. The van der Waals surface area contributed by atoms with Crippen LogP contribution in [0.15, 0.2) is 46.9 Å². The summed E-state index contributed by atoms with van der Waals surface area (Å²) in [5.74, 6) is -0.760. The van der Waals surface area contributed by atoms with E-state index in [-0.39, 0.29) is 21.4 Å². The number of ether oxygens (including phenoxy) is 1. The second-order valence-corrected chi connectivity index (χ2v) is 5.68. The molecule has 8 nitrogen and oxygen atoms in total. The normalized spacial score (nSPS) is 11.6. The molecule has 0 aliphatic heterocycles. The van der Waals surface area contributed by atoms with Crippen molar-refractivity contribution < 1.29 is 19.4 Å². The van der Waals surface area contributed by atoms with Crippen molar-refractivity contribution in [3.63, 3.8) is 0 Å². The van der Waals surface area contributed by atoms with Crippen molar-refractivity contribution in [2.75, 3.05) is 0 Å². The Kier molecular flexibility index (Phi) is 5.24. The zero-order valence-corrected chi connectivity index (χ0v) is 13.9. The van der Waals surface area contributed by atoms with Crippen LogP contribution in [0.25, 0.3) is 0 Å². The lowest BCUT2D eigenvalue weighted by atomic mass is 10.1. The third kappa shape index (κ3) is 3.93. The molecule has 0 aliphatic carbocycles. The number of nitro groups is 2. The molecule has 9 heteroatoms. The second-order valence-electron chi connectivity index (χ2n) is 4.82. The third-order valence-corrected chi connectivity index (χ3v) is 3.88. The van der Waals surface area contributed by atoms with E-state index in [1.807, 2.05) is 0 Å². The van der Waals surface area contributed by atoms with E-state index >= 15 is 0 Å². The molecule has 2 aromatic carbocycles. The van der Waals surface area contributed by atoms with Gasteiger partial charge in [-0.2, -0.15) is 0 Å². The lowest BCUT2D eigenvalue weighted by Crippen LogP contribution is -2.10. The maximum absolute atomic E-state index is 12.1. The Morgan fingerprint density at radius 2 is 1.83 bits per heavy atom. The first-order valence-electron chi connectivity index (χ1n) is 6.69. The average Bonchev–Trinajstić information content (AvgIpc) is 2.54. The lowest BCUT2D eigenvalue weighted by Gasteiger charge is -2.13. The number of nitro benzene ring substituents is 2. The van der Waals surface area contributed by atoms with Crippen molar-refractivity contribution in [3.8, 4) is 0 Å². The van der Waals surface area contributed by atoms with Gasteiger partial charge in [0, 0.05) is 18.2 Å². The van der Waals surface area contributed by atoms with Crippen molar-refractivity contribution in [2.24, 2.45) is 0 Å². The van der Waals surface area contributed by atoms with Crippen molar-refractivity contribution in [1.29, 1.82) is 0 Å². The molecular formula is C15H11BrN2O6. The van der Waals surface area contributed by atoms with Crippen LogP contribution in [0.4, 0.5) is 11.4 Å². The molecule has 2 aromatic rings. The van der Waals surface area contributed by atoms with Gasteiger partial charge in [-0.3, -0.25) is 20.2 Å². The van der Waals surface area contributed by atoms with Gasteiger partial charge in [-0.05, 0) is 40.5 Å². The van der Waals surface area contributed by atoms with Crippen molar-refractivity contribution >= 4 is 33.3 Å². The van der Waals surface area contributed by atoms with Gasteiger partial charge in [-0.25, -0.2) is 4.79 Å². The Morgan fingerprint density at radius 3 is 2.46 bits per heavy atom.